The zero-order valence-electron chi connectivity index (χ0n) is 13.6. The van der Waals surface area contributed by atoms with E-state index in [9.17, 15) is 14.9 Å². The van der Waals surface area contributed by atoms with Gasteiger partial charge in [-0.25, -0.2) is 4.79 Å². The second-order valence-electron chi connectivity index (χ2n) is 4.67. The summed E-state index contributed by atoms with van der Waals surface area (Å²) in [5, 5.41) is 20.5. The van der Waals surface area contributed by atoms with Gasteiger partial charge in [-0.05, 0) is 18.9 Å². The molecule has 0 spiro atoms. The SMILES string of the molecule is [2H][C@H]1C([N+](=O)[O-])CCC(OC(=O)O)(c2coc3occc23)C1([2H])[2H]. The van der Waals surface area contributed by atoms with Crippen LogP contribution in [0.5, 0.6) is 0 Å². The van der Waals surface area contributed by atoms with Crippen LogP contribution in [0.3, 0.4) is 0 Å². The fourth-order valence-electron chi connectivity index (χ4n) is 2.48. The zero-order chi connectivity index (χ0) is 17.7. The Balaban J connectivity index is 2.18. The number of rotatable bonds is 3. The van der Waals surface area contributed by atoms with Gasteiger partial charge in [0, 0.05) is 27.4 Å². The van der Waals surface area contributed by atoms with Gasteiger partial charge in [0.2, 0.25) is 6.04 Å². The molecule has 2 aromatic heterocycles. The van der Waals surface area contributed by atoms with Crippen LogP contribution in [0, 0.1) is 10.1 Å². The summed E-state index contributed by atoms with van der Waals surface area (Å²) in [6, 6.07) is -0.00675. The predicted molar refractivity (Wildman–Crippen MR) is 68.5 cm³/mol. The molecule has 2 aromatic rings. The van der Waals surface area contributed by atoms with Gasteiger partial charge in [-0.15, -0.1) is 0 Å². The summed E-state index contributed by atoms with van der Waals surface area (Å²) >= 11 is 0. The van der Waals surface area contributed by atoms with Crippen molar-refractivity contribution in [2.24, 2.45) is 0 Å². The number of nitrogens with zero attached hydrogens (tertiary/aromatic N) is 1. The number of furan rings is 2. The number of nitro groups is 1. The van der Waals surface area contributed by atoms with Crippen LogP contribution in [0.1, 0.15) is 35.3 Å². The number of hydrogen-bond acceptors (Lipinski definition) is 6. The molecule has 0 aromatic carbocycles. The number of carboxylic acid groups (broad SMARTS) is 1. The van der Waals surface area contributed by atoms with Gasteiger partial charge in [-0.1, -0.05) is 0 Å². The first-order chi connectivity index (χ1) is 11.2. The second-order valence-corrected chi connectivity index (χ2v) is 4.67. The van der Waals surface area contributed by atoms with Gasteiger partial charge in [0.05, 0.1) is 11.6 Å². The molecule has 8 nitrogen and oxygen atoms in total. The second kappa shape index (κ2) is 4.80. The molecular weight excluding hydrogens is 282 g/mol. The Morgan fingerprint density at radius 3 is 3.14 bits per heavy atom. The van der Waals surface area contributed by atoms with Crippen molar-refractivity contribution in [3.63, 3.8) is 0 Å². The van der Waals surface area contributed by atoms with Crippen LogP contribution in [0.15, 0.2) is 27.4 Å². The topological polar surface area (TPSA) is 116 Å². The maximum absolute atomic E-state index is 11.2. The van der Waals surface area contributed by atoms with Gasteiger partial charge in [-0.2, -0.15) is 0 Å². The maximum atomic E-state index is 11.2. The van der Waals surface area contributed by atoms with Gasteiger partial charge in [0.25, 0.3) is 5.78 Å². The molecule has 2 heterocycles. The standard InChI is InChI=1S/C13H13NO7/c15-12(16)21-13(4-1-8(2-5-13)14(17)18)10-7-20-11-9(10)3-6-19-11/h3,6-8H,1-2,4-5H2,(H,15,16)/i1D,4D2/t1-,8?,13?/m1/s1. The summed E-state index contributed by atoms with van der Waals surface area (Å²) in [6.45, 7) is 0. The lowest BCUT2D eigenvalue weighted by Crippen LogP contribution is -2.39. The molecule has 8 heteroatoms. The highest BCUT2D eigenvalue weighted by Gasteiger charge is 2.45. The van der Waals surface area contributed by atoms with E-state index in [-0.39, 0.29) is 24.2 Å². The Morgan fingerprint density at radius 1 is 1.62 bits per heavy atom. The van der Waals surface area contributed by atoms with Gasteiger partial charge < -0.3 is 18.7 Å². The minimum absolute atomic E-state index is 0.0482. The van der Waals surface area contributed by atoms with Crippen LogP contribution < -0.4 is 0 Å². The summed E-state index contributed by atoms with van der Waals surface area (Å²) in [5.41, 5.74) is -2.05. The van der Waals surface area contributed by atoms with Crippen LogP contribution in [0.4, 0.5) is 4.79 Å². The summed E-state index contributed by atoms with van der Waals surface area (Å²) in [4.78, 5) is 21.6. The average molecular weight is 298 g/mol. The van der Waals surface area contributed by atoms with Crippen LogP contribution in [-0.4, -0.2) is 22.2 Å². The van der Waals surface area contributed by atoms with Crippen molar-refractivity contribution in [2.45, 2.75) is 37.3 Å². The minimum Gasteiger partial charge on any atom is -0.450 e. The fourth-order valence-corrected chi connectivity index (χ4v) is 2.48. The smallest absolute Gasteiger partial charge is 0.450 e. The number of ether oxygens (including phenoxy) is 1. The van der Waals surface area contributed by atoms with Crippen molar-refractivity contribution in [3.8, 4) is 0 Å². The number of hydrogen-bond donors (Lipinski definition) is 1. The Kier molecular flexibility index (Phi) is 2.34. The first-order valence-corrected chi connectivity index (χ1v) is 6.13. The largest absolute Gasteiger partial charge is 0.506 e. The van der Waals surface area contributed by atoms with E-state index in [1.807, 2.05) is 0 Å². The highest BCUT2D eigenvalue weighted by Crippen LogP contribution is 2.44. The summed E-state index contributed by atoms with van der Waals surface area (Å²) < 4.78 is 39.6. The van der Waals surface area contributed by atoms with Crippen LogP contribution >= 0.6 is 0 Å². The van der Waals surface area contributed by atoms with Crippen LogP contribution in [0.25, 0.3) is 11.2 Å². The van der Waals surface area contributed by atoms with Crippen LogP contribution in [-0.2, 0) is 10.3 Å². The molecule has 1 saturated carbocycles. The molecule has 3 atom stereocenters. The van der Waals surface area contributed by atoms with Gasteiger partial charge in [0.15, 0.2) is 0 Å². The summed E-state index contributed by atoms with van der Waals surface area (Å²) in [7, 11) is 0. The molecule has 112 valence electrons. The van der Waals surface area contributed by atoms with Crippen LogP contribution in [0.2, 0.25) is 0 Å². The maximum Gasteiger partial charge on any atom is 0.506 e. The van der Waals surface area contributed by atoms with Crippen molar-refractivity contribution < 1.29 is 32.5 Å². The lowest BCUT2D eigenvalue weighted by atomic mass is 9.77. The van der Waals surface area contributed by atoms with E-state index in [0.29, 0.717) is 5.39 Å². The molecule has 0 bridgehead atoms. The predicted octanol–water partition coefficient (Wildman–Crippen LogP) is 3.14. The molecule has 0 radical (unpaired) electrons. The molecule has 21 heavy (non-hydrogen) atoms. The average Bonchev–Trinajstić information content (AvgIpc) is 3.06. The fraction of sp³-hybridized carbons (Fsp3) is 0.462. The van der Waals surface area contributed by atoms with Crippen molar-refractivity contribution >= 4 is 17.3 Å². The van der Waals surface area contributed by atoms with Crippen molar-refractivity contribution in [1.82, 2.24) is 0 Å². The molecule has 1 fully saturated rings. The summed E-state index contributed by atoms with van der Waals surface area (Å²) in [6.07, 6.45) is -4.35. The van der Waals surface area contributed by atoms with Crippen molar-refractivity contribution in [1.29, 1.82) is 0 Å². The van der Waals surface area contributed by atoms with Gasteiger partial charge in [0.1, 0.15) is 11.9 Å². The first kappa shape index (κ1) is 10.3. The van der Waals surface area contributed by atoms with Gasteiger partial charge in [-0.3, -0.25) is 10.1 Å². The molecule has 3 rings (SSSR count). The van der Waals surface area contributed by atoms with E-state index in [0.717, 1.165) is 6.26 Å². The quantitative estimate of drug-likeness (QED) is 0.525. The number of carbonyl (C=O) groups is 1. The minimum atomic E-state index is -2.66. The van der Waals surface area contributed by atoms with Crippen molar-refractivity contribution in [3.05, 3.63) is 34.3 Å². The zero-order valence-corrected chi connectivity index (χ0v) is 10.6. The molecular formula is C13H13NO7. The van der Waals surface area contributed by atoms with E-state index in [2.05, 4.69) is 0 Å². The Hall–Kier alpha value is -2.51. The third kappa shape index (κ3) is 2.22. The lowest BCUT2D eigenvalue weighted by Gasteiger charge is -2.35. The van der Waals surface area contributed by atoms with Gasteiger partial charge >= 0.3 is 6.16 Å². The monoisotopic (exact) mass is 298 g/mol. The molecule has 1 aliphatic carbocycles. The molecule has 2 unspecified atom stereocenters. The Bertz CT molecular complexity index is 800. The molecule has 0 amide bonds. The highest BCUT2D eigenvalue weighted by molar-refractivity contribution is 5.78. The third-order valence-corrected chi connectivity index (χ3v) is 3.47. The molecule has 1 aliphatic rings. The lowest BCUT2D eigenvalue weighted by molar-refractivity contribution is -0.528. The van der Waals surface area contributed by atoms with E-state index < -0.39 is 35.5 Å². The highest BCUT2D eigenvalue weighted by atomic mass is 16.7. The molecule has 0 saturated heterocycles. The summed E-state index contributed by atoms with van der Waals surface area (Å²) in [5.74, 6) is 0.0482. The van der Waals surface area contributed by atoms with E-state index in [1.165, 1.54) is 12.3 Å². The third-order valence-electron chi connectivity index (χ3n) is 3.47. The van der Waals surface area contributed by atoms with Crippen molar-refractivity contribution in [2.75, 3.05) is 0 Å². The van der Waals surface area contributed by atoms with E-state index >= 15 is 0 Å². The first-order valence-electron chi connectivity index (χ1n) is 7.71. The Morgan fingerprint density at radius 2 is 2.43 bits per heavy atom. The van der Waals surface area contributed by atoms with E-state index in [1.54, 1.807) is 0 Å². The molecule has 0 aliphatic heterocycles. The number of fused-ring (bicyclic) bond motifs is 1. The Labute approximate surface area is 122 Å². The van der Waals surface area contributed by atoms with E-state index in [4.69, 9.17) is 22.8 Å². The molecule has 1 N–H and O–H groups in total. The normalized spacial score (nSPS) is 33.8.